The van der Waals surface area contributed by atoms with Crippen molar-refractivity contribution in [3.63, 3.8) is 0 Å². The molecule has 0 bridgehead atoms. The Morgan fingerprint density at radius 3 is 2.84 bits per heavy atom. The summed E-state index contributed by atoms with van der Waals surface area (Å²) < 4.78 is 0. The third kappa shape index (κ3) is 2.35. The van der Waals surface area contributed by atoms with Gasteiger partial charge in [-0.2, -0.15) is 0 Å². The van der Waals surface area contributed by atoms with Crippen molar-refractivity contribution < 1.29 is 0 Å². The lowest BCUT2D eigenvalue weighted by Gasteiger charge is -2.05. The van der Waals surface area contributed by atoms with Crippen molar-refractivity contribution in [1.29, 1.82) is 0 Å². The Morgan fingerprint density at radius 2 is 2.00 bits per heavy atom. The lowest BCUT2D eigenvalue weighted by molar-refractivity contribution is 0.968. The fourth-order valence-electron chi connectivity index (χ4n) is 2.23. The molecular formula is C15H14ClN3. The summed E-state index contributed by atoms with van der Waals surface area (Å²) in [4.78, 5) is 7.93. The molecule has 0 amide bonds. The van der Waals surface area contributed by atoms with Crippen molar-refractivity contribution in [3.05, 3.63) is 53.1 Å². The van der Waals surface area contributed by atoms with Crippen LogP contribution in [0.2, 0.25) is 5.02 Å². The molecule has 3 aromatic rings. The minimum absolute atomic E-state index is 0.628. The number of aromatic amines is 1. The number of H-pyrrole nitrogens is 1. The topological polar surface area (TPSA) is 54.7 Å². The number of hydrogen-bond acceptors (Lipinski definition) is 2. The summed E-state index contributed by atoms with van der Waals surface area (Å²) in [5, 5.41) is 0.706. The first-order chi connectivity index (χ1) is 9.28. The molecule has 0 fully saturated rings. The normalized spacial score (nSPS) is 11.1. The highest BCUT2D eigenvalue weighted by Crippen LogP contribution is 2.25. The van der Waals surface area contributed by atoms with Crippen LogP contribution in [-0.4, -0.2) is 16.5 Å². The van der Waals surface area contributed by atoms with Gasteiger partial charge in [0.15, 0.2) is 0 Å². The fourth-order valence-corrected chi connectivity index (χ4v) is 2.41. The molecule has 0 saturated carbocycles. The number of nitrogens with zero attached hydrogens (tertiary/aromatic N) is 1. The second kappa shape index (κ2) is 5.03. The number of nitrogens with two attached hydrogens (primary N) is 1. The van der Waals surface area contributed by atoms with Crippen LogP contribution in [0.3, 0.4) is 0 Å². The molecule has 4 heteroatoms. The van der Waals surface area contributed by atoms with Crippen LogP contribution in [0.5, 0.6) is 0 Å². The summed E-state index contributed by atoms with van der Waals surface area (Å²) >= 11 is 5.99. The van der Waals surface area contributed by atoms with E-state index in [1.807, 2.05) is 30.3 Å². The van der Waals surface area contributed by atoms with Gasteiger partial charge in [0.25, 0.3) is 0 Å². The molecule has 1 aromatic heterocycles. The highest BCUT2D eigenvalue weighted by Gasteiger charge is 2.09. The Kier molecular flexibility index (Phi) is 3.23. The van der Waals surface area contributed by atoms with Crippen molar-refractivity contribution in [1.82, 2.24) is 9.97 Å². The van der Waals surface area contributed by atoms with E-state index < -0.39 is 0 Å². The van der Waals surface area contributed by atoms with Crippen LogP contribution in [0, 0.1) is 0 Å². The molecule has 0 atom stereocenters. The van der Waals surface area contributed by atoms with E-state index in [0.717, 1.165) is 28.8 Å². The lowest BCUT2D eigenvalue weighted by atomic mass is 10.0. The maximum Gasteiger partial charge on any atom is 0.138 e. The molecule has 96 valence electrons. The fraction of sp³-hybridized carbons (Fsp3) is 0.133. The third-order valence-corrected chi connectivity index (χ3v) is 3.37. The Hall–Kier alpha value is -1.84. The van der Waals surface area contributed by atoms with Gasteiger partial charge in [-0.3, -0.25) is 0 Å². The van der Waals surface area contributed by atoms with Gasteiger partial charge in [0, 0.05) is 10.6 Å². The van der Waals surface area contributed by atoms with Crippen molar-refractivity contribution in [2.45, 2.75) is 6.42 Å². The van der Waals surface area contributed by atoms with Crippen molar-refractivity contribution in [3.8, 4) is 11.4 Å². The molecule has 19 heavy (non-hydrogen) atoms. The van der Waals surface area contributed by atoms with Crippen LogP contribution in [0.1, 0.15) is 5.56 Å². The number of halogens is 1. The zero-order chi connectivity index (χ0) is 13.2. The number of aromatic nitrogens is 2. The van der Waals surface area contributed by atoms with Gasteiger partial charge in [-0.05, 0) is 36.7 Å². The summed E-state index contributed by atoms with van der Waals surface area (Å²) in [6.07, 6.45) is 0.841. The van der Waals surface area contributed by atoms with E-state index >= 15 is 0 Å². The van der Waals surface area contributed by atoms with Crippen LogP contribution < -0.4 is 5.73 Å². The van der Waals surface area contributed by atoms with Gasteiger partial charge >= 0.3 is 0 Å². The standard InChI is InChI=1S/C15H14ClN3/c16-11-5-6-13-14(9-11)19-15(18-13)12-4-2-1-3-10(12)7-8-17/h1-6,9H,7-8,17H2,(H,18,19). The summed E-state index contributed by atoms with van der Waals surface area (Å²) in [5.74, 6) is 0.862. The van der Waals surface area contributed by atoms with E-state index in [2.05, 4.69) is 22.1 Å². The number of nitrogens with one attached hydrogen (secondary N) is 1. The highest BCUT2D eigenvalue weighted by molar-refractivity contribution is 6.31. The quantitative estimate of drug-likeness (QED) is 0.767. The van der Waals surface area contributed by atoms with Crippen molar-refractivity contribution >= 4 is 22.6 Å². The van der Waals surface area contributed by atoms with Gasteiger partial charge in [0.1, 0.15) is 5.82 Å². The zero-order valence-electron chi connectivity index (χ0n) is 10.4. The van der Waals surface area contributed by atoms with E-state index in [0.29, 0.717) is 11.6 Å². The number of imidazole rings is 1. The number of benzene rings is 2. The summed E-state index contributed by atoms with van der Waals surface area (Å²) in [6, 6.07) is 13.8. The van der Waals surface area contributed by atoms with Crippen LogP contribution in [-0.2, 0) is 6.42 Å². The molecule has 0 aliphatic carbocycles. The van der Waals surface area contributed by atoms with Gasteiger partial charge in [-0.15, -0.1) is 0 Å². The number of rotatable bonds is 3. The Balaban J connectivity index is 2.13. The maximum atomic E-state index is 5.99. The molecule has 0 aliphatic rings. The molecule has 3 nitrogen and oxygen atoms in total. The largest absolute Gasteiger partial charge is 0.338 e. The first-order valence-electron chi connectivity index (χ1n) is 6.21. The second-order valence-electron chi connectivity index (χ2n) is 4.44. The average Bonchev–Trinajstić information content (AvgIpc) is 2.82. The van der Waals surface area contributed by atoms with Gasteiger partial charge in [-0.25, -0.2) is 4.98 Å². The molecule has 0 unspecified atom stereocenters. The Morgan fingerprint density at radius 1 is 1.16 bits per heavy atom. The van der Waals surface area contributed by atoms with Gasteiger partial charge < -0.3 is 10.7 Å². The summed E-state index contributed by atoms with van der Waals surface area (Å²) in [6.45, 7) is 0.628. The molecule has 0 saturated heterocycles. The van der Waals surface area contributed by atoms with E-state index in [4.69, 9.17) is 17.3 Å². The average molecular weight is 272 g/mol. The smallest absolute Gasteiger partial charge is 0.138 e. The molecule has 1 heterocycles. The number of fused-ring (bicyclic) bond motifs is 1. The van der Waals surface area contributed by atoms with Crippen LogP contribution in [0.25, 0.3) is 22.4 Å². The van der Waals surface area contributed by atoms with Crippen LogP contribution in [0.4, 0.5) is 0 Å². The third-order valence-electron chi connectivity index (χ3n) is 3.13. The monoisotopic (exact) mass is 271 g/mol. The molecule has 3 rings (SSSR count). The van der Waals surface area contributed by atoms with Crippen LogP contribution in [0.15, 0.2) is 42.5 Å². The SMILES string of the molecule is NCCc1ccccc1-c1nc2ccc(Cl)cc2[nH]1. The van der Waals surface area contributed by atoms with Crippen molar-refractivity contribution in [2.75, 3.05) is 6.54 Å². The number of hydrogen-bond donors (Lipinski definition) is 2. The highest BCUT2D eigenvalue weighted by atomic mass is 35.5. The molecule has 0 radical (unpaired) electrons. The van der Waals surface area contributed by atoms with Crippen molar-refractivity contribution in [2.24, 2.45) is 5.73 Å². The molecular weight excluding hydrogens is 258 g/mol. The lowest BCUT2D eigenvalue weighted by Crippen LogP contribution is -2.04. The van der Waals surface area contributed by atoms with E-state index in [1.165, 1.54) is 5.56 Å². The minimum atomic E-state index is 0.628. The molecule has 3 N–H and O–H groups in total. The molecule has 0 spiro atoms. The Bertz CT molecular complexity index is 718. The zero-order valence-corrected chi connectivity index (χ0v) is 11.1. The first kappa shape index (κ1) is 12.2. The Labute approximate surface area is 116 Å². The molecule has 0 aliphatic heterocycles. The predicted molar refractivity (Wildman–Crippen MR) is 79.3 cm³/mol. The van der Waals surface area contributed by atoms with E-state index in [9.17, 15) is 0 Å². The van der Waals surface area contributed by atoms with Gasteiger partial charge in [-0.1, -0.05) is 35.9 Å². The van der Waals surface area contributed by atoms with Crippen LogP contribution >= 0.6 is 11.6 Å². The second-order valence-corrected chi connectivity index (χ2v) is 4.88. The van der Waals surface area contributed by atoms with Gasteiger partial charge in [0.2, 0.25) is 0 Å². The maximum absolute atomic E-state index is 5.99. The minimum Gasteiger partial charge on any atom is -0.338 e. The predicted octanol–water partition coefficient (Wildman–Crippen LogP) is 3.38. The summed E-state index contributed by atoms with van der Waals surface area (Å²) in [7, 11) is 0. The van der Waals surface area contributed by atoms with E-state index in [-0.39, 0.29) is 0 Å². The van der Waals surface area contributed by atoms with E-state index in [1.54, 1.807) is 0 Å². The first-order valence-corrected chi connectivity index (χ1v) is 6.59. The van der Waals surface area contributed by atoms with Gasteiger partial charge in [0.05, 0.1) is 11.0 Å². The summed E-state index contributed by atoms with van der Waals surface area (Å²) in [5.41, 5.74) is 9.82. The molecule has 2 aromatic carbocycles.